The van der Waals surface area contributed by atoms with E-state index >= 15 is 0 Å². The van der Waals surface area contributed by atoms with Gasteiger partial charge in [-0.2, -0.15) is 0 Å². The number of rotatable bonds is 5. The maximum absolute atomic E-state index is 12.5. The van der Waals surface area contributed by atoms with Gasteiger partial charge in [0.2, 0.25) is 0 Å². The quantitative estimate of drug-likeness (QED) is 0.327. The molecule has 2 saturated heterocycles. The number of amides is 1. The third-order valence-electron chi connectivity index (χ3n) is 10.8. The maximum atomic E-state index is 12.5. The highest BCUT2D eigenvalue weighted by Crippen LogP contribution is 2.48. The van der Waals surface area contributed by atoms with Crippen LogP contribution in [0.2, 0.25) is 18.1 Å². The lowest BCUT2D eigenvalue weighted by molar-refractivity contribution is -0.0347. The van der Waals surface area contributed by atoms with E-state index in [1.54, 1.807) is 5.56 Å². The van der Waals surface area contributed by atoms with Crippen LogP contribution in [0, 0.1) is 5.41 Å². The molecule has 1 amide bonds. The zero-order valence-electron chi connectivity index (χ0n) is 27.2. The van der Waals surface area contributed by atoms with Gasteiger partial charge in [-0.15, -0.1) is 0 Å². The minimum atomic E-state index is -1.73. The van der Waals surface area contributed by atoms with Crippen molar-refractivity contribution < 1.29 is 14.0 Å². The molecular formula is C35H56N2O3Si. The zero-order chi connectivity index (χ0) is 29.6. The summed E-state index contributed by atoms with van der Waals surface area (Å²) in [4.78, 5) is 17.2. The van der Waals surface area contributed by atoms with Gasteiger partial charge in [0.1, 0.15) is 5.60 Å². The molecule has 2 aliphatic heterocycles. The van der Waals surface area contributed by atoms with Crippen molar-refractivity contribution in [1.29, 1.82) is 0 Å². The molecule has 2 aliphatic carbocycles. The summed E-state index contributed by atoms with van der Waals surface area (Å²) >= 11 is 0. The molecule has 0 radical (unpaired) electrons. The van der Waals surface area contributed by atoms with Gasteiger partial charge in [-0.25, -0.2) is 4.79 Å². The van der Waals surface area contributed by atoms with E-state index in [9.17, 15) is 4.79 Å². The number of ether oxygens (including phenoxy) is 1. The van der Waals surface area contributed by atoms with Gasteiger partial charge in [-0.1, -0.05) is 51.1 Å². The molecule has 0 aromatic heterocycles. The molecule has 1 saturated carbocycles. The van der Waals surface area contributed by atoms with E-state index in [0.717, 1.165) is 32.4 Å². The number of nitrogens with zero attached hydrogens (tertiary/aromatic N) is 2. The van der Waals surface area contributed by atoms with Crippen LogP contribution < -0.4 is 0 Å². The van der Waals surface area contributed by atoms with E-state index in [0.29, 0.717) is 23.5 Å². The SMILES string of the molecule is CC(C)(C)OC(=O)N1CC2(CC[C@@H](N3CCC(c4ccccc4C4=CCC(O[Si](C)(C)C(C)(C)C)CC4)CC3)C2)C1. The normalized spacial score (nSPS) is 26.1. The Bertz CT molecular complexity index is 1120. The molecule has 1 aromatic carbocycles. The van der Waals surface area contributed by atoms with Gasteiger partial charge in [-0.05, 0) is 126 Å². The third kappa shape index (κ3) is 6.96. The van der Waals surface area contributed by atoms with E-state index in [1.807, 2.05) is 25.7 Å². The third-order valence-corrected chi connectivity index (χ3v) is 15.3. The minimum absolute atomic E-state index is 0.141. The predicted molar refractivity (Wildman–Crippen MR) is 172 cm³/mol. The average molecular weight is 581 g/mol. The molecule has 2 atom stereocenters. The number of hydrogen-bond acceptors (Lipinski definition) is 4. The monoisotopic (exact) mass is 580 g/mol. The molecule has 0 N–H and O–H groups in total. The molecule has 5 nitrogen and oxygen atoms in total. The first-order valence-corrected chi connectivity index (χ1v) is 19.2. The molecule has 41 heavy (non-hydrogen) atoms. The molecule has 5 rings (SSSR count). The molecule has 2 heterocycles. The van der Waals surface area contributed by atoms with Crippen molar-refractivity contribution in [3.05, 3.63) is 41.5 Å². The van der Waals surface area contributed by atoms with Crippen LogP contribution in [0.1, 0.15) is 110 Å². The van der Waals surface area contributed by atoms with Gasteiger partial charge in [0.25, 0.3) is 0 Å². The fourth-order valence-corrected chi connectivity index (χ4v) is 8.87. The molecular weight excluding hydrogens is 524 g/mol. The molecule has 3 fully saturated rings. The average Bonchev–Trinajstić information content (AvgIpc) is 3.33. The fourth-order valence-electron chi connectivity index (χ4n) is 7.47. The van der Waals surface area contributed by atoms with Gasteiger partial charge in [0.05, 0.1) is 0 Å². The summed E-state index contributed by atoms with van der Waals surface area (Å²) in [5.74, 6) is 0.645. The number of allylic oxidation sites excluding steroid dienone is 1. The first-order valence-electron chi connectivity index (χ1n) is 16.3. The summed E-state index contributed by atoms with van der Waals surface area (Å²) < 4.78 is 12.4. The predicted octanol–water partition coefficient (Wildman–Crippen LogP) is 8.61. The van der Waals surface area contributed by atoms with Crippen LogP contribution in [0.15, 0.2) is 30.3 Å². The van der Waals surface area contributed by atoms with Crippen LogP contribution in [0.25, 0.3) is 5.57 Å². The van der Waals surface area contributed by atoms with Crippen molar-refractivity contribution in [2.45, 2.75) is 135 Å². The van der Waals surface area contributed by atoms with Gasteiger partial charge in [0, 0.05) is 30.7 Å². The lowest BCUT2D eigenvalue weighted by Crippen LogP contribution is -2.58. The first-order chi connectivity index (χ1) is 19.1. The Labute approximate surface area is 251 Å². The Morgan fingerprint density at radius 3 is 2.27 bits per heavy atom. The summed E-state index contributed by atoms with van der Waals surface area (Å²) in [6.07, 6.45) is 12.3. The maximum Gasteiger partial charge on any atom is 0.410 e. The summed E-state index contributed by atoms with van der Waals surface area (Å²) in [6, 6.07) is 9.91. The van der Waals surface area contributed by atoms with Crippen molar-refractivity contribution in [2.24, 2.45) is 5.41 Å². The second-order valence-electron chi connectivity index (χ2n) is 16.1. The number of benzene rings is 1. The Morgan fingerprint density at radius 1 is 0.976 bits per heavy atom. The number of likely N-dealkylation sites (tertiary alicyclic amines) is 2. The van der Waals surface area contributed by atoms with Crippen LogP contribution >= 0.6 is 0 Å². The largest absolute Gasteiger partial charge is 0.444 e. The highest BCUT2D eigenvalue weighted by atomic mass is 28.4. The lowest BCUT2D eigenvalue weighted by atomic mass is 9.78. The van der Waals surface area contributed by atoms with Crippen LogP contribution in [-0.4, -0.2) is 68.1 Å². The smallest absolute Gasteiger partial charge is 0.410 e. The second kappa shape index (κ2) is 11.5. The van der Waals surface area contributed by atoms with Crippen LogP contribution in [0.5, 0.6) is 0 Å². The lowest BCUT2D eigenvalue weighted by Gasteiger charge is -2.48. The number of hydrogen-bond donors (Lipinski definition) is 0. The molecule has 1 unspecified atom stereocenters. The van der Waals surface area contributed by atoms with E-state index in [-0.39, 0.29) is 11.1 Å². The van der Waals surface area contributed by atoms with Crippen molar-refractivity contribution in [3.8, 4) is 0 Å². The van der Waals surface area contributed by atoms with Gasteiger partial charge in [-0.3, -0.25) is 0 Å². The van der Waals surface area contributed by atoms with E-state index in [4.69, 9.17) is 9.16 Å². The Balaban J connectivity index is 1.14. The summed E-state index contributed by atoms with van der Waals surface area (Å²) in [7, 11) is -1.73. The van der Waals surface area contributed by atoms with Crippen molar-refractivity contribution >= 4 is 20.0 Å². The van der Waals surface area contributed by atoms with Crippen LogP contribution in [-0.2, 0) is 9.16 Å². The highest BCUT2D eigenvalue weighted by Gasteiger charge is 2.51. The van der Waals surface area contributed by atoms with Crippen LogP contribution in [0.3, 0.4) is 0 Å². The molecule has 6 heteroatoms. The van der Waals surface area contributed by atoms with Gasteiger partial charge >= 0.3 is 6.09 Å². The van der Waals surface area contributed by atoms with E-state index in [1.165, 1.54) is 56.3 Å². The van der Waals surface area contributed by atoms with Crippen LogP contribution in [0.4, 0.5) is 4.79 Å². The standard InChI is InChI=1S/C35H56N2O3Si/c1-33(2,3)39-32(38)37-24-35(25-37)20-17-28(23-35)36-21-18-27(19-22-36)31-12-10-9-11-30(31)26-13-15-29(16-14-26)40-41(7,8)34(4,5)6/h9-13,27-29H,14-25H2,1-8H3/t28-,29?/m1/s1. The van der Waals surface area contributed by atoms with Gasteiger partial charge < -0.3 is 19.0 Å². The summed E-state index contributed by atoms with van der Waals surface area (Å²) in [5.41, 5.74) is 4.50. The molecule has 1 aromatic rings. The highest BCUT2D eigenvalue weighted by molar-refractivity contribution is 6.74. The van der Waals surface area contributed by atoms with Crippen molar-refractivity contribution in [2.75, 3.05) is 26.2 Å². The van der Waals surface area contributed by atoms with Crippen molar-refractivity contribution in [1.82, 2.24) is 9.80 Å². The van der Waals surface area contributed by atoms with Gasteiger partial charge in [0.15, 0.2) is 8.32 Å². The summed E-state index contributed by atoms with van der Waals surface area (Å²) in [5, 5.41) is 0.260. The minimum Gasteiger partial charge on any atom is -0.444 e. The second-order valence-corrected chi connectivity index (χ2v) is 20.9. The Hall–Kier alpha value is -1.63. The van der Waals surface area contributed by atoms with Crippen molar-refractivity contribution in [3.63, 3.8) is 0 Å². The molecule has 228 valence electrons. The Kier molecular flexibility index (Phi) is 8.61. The van der Waals surface area contributed by atoms with E-state index < -0.39 is 13.9 Å². The number of carbonyl (C=O) groups is 1. The molecule has 0 bridgehead atoms. The Morgan fingerprint density at radius 2 is 1.66 bits per heavy atom. The summed E-state index contributed by atoms with van der Waals surface area (Å²) in [6.45, 7) is 21.7. The zero-order valence-corrected chi connectivity index (χ0v) is 28.2. The molecule has 1 spiro atoms. The topological polar surface area (TPSA) is 42.0 Å². The molecule has 4 aliphatic rings. The number of carbonyl (C=O) groups excluding carboxylic acids is 1. The number of piperidine rings is 1. The fraction of sp³-hybridized carbons (Fsp3) is 0.743. The van der Waals surface area contributed by atoms with E-state index in [2.05, 4.69) is 69.1 Å². The first kappa shape index (κ1) is 30.8.